The second kappa shape index (κ2) is 15.0. The molecule has 0 saturated heterocycles. The highest BCUT2D eigenvalue weighted by Gasteiger charge is 2.47. The number of benzene rings is 2. The SMILES string of the molecule is CC#CCC(C)C(O)C(Br)=C[C@@H]1[C@@H]2CC(CCOCC(=O)N(Cc3ccccc3)c3ccccc3)C[C@H]2C[C@H]1O. The van der Waals surface area contributed by atoms with Gasteiger partial charge in [-0.1, -0.05) is 77.5 Å². The van der Waals surface area contributed by atoms with E-state index in [0.29, 0.717) is 37.3 Å². The molecule has 40 heavy (non-hydrogen) atoms. The molecule has 0 aromatic heterocycles. The molecule has 2 saturated carbocycles. The number of aliphatic hydroxyl groups is 2. The van der Waals surface area contributed by atoms with Crippen molar-refractivity contribution in [2.75, 3.05) is 18.1 Å². The van der Waals surface area contributed by atoms with Gasteiger partial charge in [-0.2, -0.15) is 0 Å². The van der Waals surface area contributed by atoms with E-state index >= 15 is 0 Å². The molecule has 5 nitrogen and oxygen atoms in total. The fourth-order valence-corrected chi connectivity index (χ4v) is 7.11. The van der Waals surface area contributed by atoms with Gasteiger partial charge in [0.05, 0.1) is 18.8 Å². The number of rotatable bonds is 12. The molecule has 2 aliphatic carbocycles. The van der Waals surface area contributed by atoms with Crippen LogP contribution in [-0.4, -0.2) is 41.5 Å². The Morgan fingerprint density at radius 2 is 1.82 bits per heavy atom. The maximum absolute atomic E-state index is 13.2. The average Bonchev–Trinajstić information content (AvgIpc) is 3.49. The van der Waals surface area contributed by atoms with Gasteiger partial charge in [0.1, 0.15) is 6.61 Å². The molecule has 3 unspecified atom stereocenters. The predicted molar refractivity (Wildman–Crippen MR) is 164 cm³/mol. The molecule has 0 bridgehead atoms. The molecular formula is C34H42BrNO4. The number of hydrogen-bond donors (Lipinski definition) is 2. The first kappa shape index (κ1) is 30.5. The highest BCUT2D eigenvalue weighted by atomic mass is 79.9. The first-order chi connectivity index (χ1) is 19.4. The zero-order valence-electron chi connectivity index (χ0n) is 23.6. The van der Waals surface area contributed by atoms with Crippen LogP contribution in [0.3, 0.4) is 0 Å². The smallest absolute Gasteiger partial charge is 0.253 e. The summed E-state index contributed by atoms with van der Waals surface area (Å²) in [6.45, 7) is 4.91. The van der Waals surface area contributed by atoms with Gasteiger partial charge >= 0.3 is 0 Å². The number of ether oxygens (including phenoxy) is 1. The fraction of sp³-hybridized carbons (Fsp3) is 0.500. The quantitative estimate of drug-likeness (QED) is 0.218. The molecule has 0 heterocycles. The van der Waals surface area contributed by atoms with Crippen LogP contribution in [0.15, 0.2) is 71.2 Å². The van der Waals surface area contributed by atoms with E-state index < -0.39 is 6.10 Å². The monoisotopic (exact) mass is 607 g/mol. The van der Waals surface area contributed by atoms with Crippen molar-refractivity contribution in [2.24, 2.45) is 29.6 Å². The lowest BCUT2D eigenvalue weighted by Crippen LogP contribution is -2.33. The van der Waals surface area contributed by atoms with E-state index in [4.69, 9.17) is 4.74 Å². The topological polar surface area (TPSA) is 70.0 Å². The van der Waals surface area contributed by atoms with E-state index in [1.165, 1.54) is 0 Å². The molecule has 2 N–H and O–H groups in total. The maximum Gasteiger partial charge on any atom is 0.253 e. The van der Waals surface area contributed by atoms with Crippen LogP contribution >= 0.6 is 15.9 Å². The van der Waals surface area contributed by atoms with E-state index in [-0.39, 0.29) is 30.5 Å². The number of anilines is 1. The van der Waals surface area contributed by atoms with Gasteiger partial charge in [0.15, 0.2) is 0 Å². The lowest BCUT2D eigenvalue weighted by molar-refractivity contribution is -0.123. The highest BCUT2D eigenvalue weighted by molar-refractivity contribution is 9.11. The number of para-hydroxylation sites is 1. The van der Waals surface area contributed by atoms with E-state index in [1.54, 1.807) is 4.90 Å². The van der Waals surface area contributed by atoms with Crippen molar-refractivity contribution in [1.82, 2.24) is 0 Å². The molecular weight excluding hydrogens is 566 g/mol. The normalized spacial score (nSPS) is 25.5. The Morgan fingerprint density at radius 1 is 1.12 bits per heavy atom. The number of carbonyl (C=O) groups excluding carboxylic acids is 1. The van der Waals surface area contributed by atoms with Gasteiger partial charge in [-0.15, -0.1) is 11.8 Å². The van der Waals surface area contributed by atoms with Crippen molar-refractivity contribution in [1.29, 1.82) is 0 Å². The largest absolute Gasteiger partial charge is 0.392 e. The fourth-order valence-electron chi connectivity index (χ4n) is 6.36. The standard InChI is InChI=1S/C34H42BrNO4/c1-3-4-11-24(2)34(39)31(35)21-30-29-19-26(18-27(29)20-32(30)37)16-17-40-23-33(38)36(28-14-9-6-10-15-28)22-25-12-7-5-8-13-25/h5-10,12-15,21,24,26-27,29-30,32,34,37,39H,11,16-20,22-23H2,1-2H3/t24?,26?,27-,29+,30+,32+,34?/m0/s1. The third kappa shape index (κ3) is 8.07. The number of hydrogen-bond acceptors (Lipinski definition) is 4. The van der Waals surface area contributed by atoms with Gasteiger partial charge in [0.2, 0.25) is 0 Å². The Kier molecular flexibility index (Phi) is 11.4. The van der Waals surface area contributed by atoms with E-state index in [0.717, 1.165) is 41.4 Å². The minimum atomic E-state index is -0.618. The molecule has 2 aromatic rings. The van der Waals surface area contributed by atoms with E-state index in [2.05, 4.69) is 33.8 Å². The summed E-state index contributed by atoms with van der Waals surface area (Å²) in [5, 5.41) is 21.5. The zero-order valence-corrected chi connectivity index (χ0v) is 25.2. The van der Waals surface area contributed by atoms with Crippen molar-refractivity contribution in [3.05, 3.63) is 76.8 Å². The third-order valence-corrected chi connectivity index (χ3v) is 9.29. The van der Waals surface area contributed by atoms with Crippen LogP contribution in [0.25, 0.3) is 0 Å². The summed E-state index contributed by atoms with van der Waals surface area (Å²) in [5.74, 6) is 7.37. The van der Waals surface area contributed by atoms with Crippen LogP contribution in [0.2, 0.25) is 0 Å². The maximum atomic E-state index is 13.2. The molecule has 2 fully saturated rings. The number of aliphatic hydroxyl groups excluding tert-OH is 2. The first-order valence-electron chi connectivity index (χ1n) is 14.5. The number of halogens is 1. The predicted octanol–water partition coefficient (Wildman–Crippen LogP) is 6.34. The van der Waals surface area contributed by atoms with Crippen molar-refractivity contribution in [3.8, 4) is 11.8 Å². The molecule has 1 amide bonds. The van der Waals surface area contributed by atoms with Gasteiger partial charge in [-0.05, 0) is 74.0 Å². The third-order valence-electron chi connectivity index (χ3n) is 8.55. The summed E-state index contributed by atoms with van der Waals surface area (Å²) >= 11 is 3.60. The molecule has 0 radical (unpaired) electrons. The van der Waals surface area contributed by atoms with Crippen LogP contribution in [-0.2, 0) is 16.1 Å². The lowest BCUT2D eigenvalue weighted by Gasteiger charge is -2.23. The minimum Gasteiger partial charge on any atom is -0.392 e. The molecule has 0 spiro atoms. The van der Waals surface area contributed by atoms with Crippen LogP contribution in [0.1, 0.15) is 51.5 Å². The van der Waals surface area contributed by atoms with Gasteiger partial charge in [0, 0.05) is 29.1 Å². The lowest BCUT2D eigenvalue weighted by atomic mass is 9.88. The summed E-state index contributed by atoms with van der Waals surface area (Å²) in [5.41, 5.74) is 1.94. The number of fused-ring (bicyclic) bond motifs is 1. The van der Waals surface area contributed by atoms with Crippen molar-refractivity contribution >= 4 is 27.5 Å². The second-order valence-electron chi connectivity index (χ2n) is 11.4. The van der Waals surface area contributed by atoms with Crippen LogP contribution in [0.4, 0.5) is 5.69 Å². The van der Waals surface area contributed by atoms with Crippen LogP contribution in [0.5, 0.6) is 0 Å². The van der Waals surface area contributed by atoms with E-state index in [1.807, 2.05) is 74.5 Å². The molecule has 2 aromatic carbocycles. The number of carbonyl (C=O) groups is 1. The molecule has 6 heteroatoms. The molecule has 0 aliphatic heterocycles. The van der Waals surface area contributed by atoms with Gasteiger partial charge < -0.3 is 19.8 Å². The Balaban J connectivity index is 1.27. The van der Waals surface area contributed by atoms with Crippen molar-refractivity contribution in [3.63, 3.8) is 0 Å². The van der Waals surface area contributed by atoms with Crippen molar-refractivity contribution in [2.45, 2.75) is 64.7 Å². The van der Waals surface area contributed by atoms with Gasteiger partial charge in [0.25, 0.3) is 5.91 Å². The summed E-state index contributed by atoms with van der Waals surface area (Å²) in [6.07, 6.45) is 5.54. The Bertz CT molecular complexity index is 1170. The Labute approximate surface area is 247 Å². The second-order valence-corrected chi connectivity index (χ2v) is 12.3. The molecule has 7 atom stereocenters. The van der Waals surface area contributed by atoms with Crippen LogP contribution < -0.4 is 4.90 Å². The first-order valence-corrected chi connectivity index (χ1v) is 15.3. The molecule has 2 aliphatic rings. The average molecular weight is 609 g/mol. The zero-order chi connectivity index (χ0) is 28.5. The minimum absolute atomic E-state index is 0.0223. The molecule has 4 rings (SSSR count). The highest BCUT2D eigenvalue weighted by Crippen LogP contribution is 2.52. The van der Waals surface area contributed by atoms with Gasteiger partial charge in [-0.3, -0.25) is 4.79 Å². The van der Waals surface area contributed by atoms with Gasteiger partial charge in [-0.25, -0.2) is 0 Å². The summed E-state index contributed by atoms with van der Waals surface area (Å²) in [4.78, 5) is 15.0. The van der Waals surface area contributed by atoms with Crippen LogP contribution in [0, 0.1) is 41.4 Å². The Hall–Kier alpha value is -2.43. The molecule has 214 valence electrons. The number of nitrogens with zero attached hydrogens (tertiary/aromatic N) is 1. The van der Waals surface area contributed by atoms with Crippen molar-refractivity contribution < 1.29 is 19.7 Å². The number of amides is 1. The summed E-state index contributed by atoms with van der Waals surface area (Å²) in [7, 11) is 0. The Morgan fingerprint density at radius 3 is 2.52 bits per heavy atom. The summed E-state index contributed by atoms with van der Waals surface area (Å²) < 4.78 is 6.67. The van der Waals surface area contributed by atoms with E-state index in [9.17, 15) is 15.0 Å². The summed E-state index contributed by atoms with van der Waals surface area (Å²) in [6, 6.07) is 19.8.